The van der Waals surface area contributed by atoms with Crippen molar-refractivity contribution in [3.05, 3.63) is 38.4 Å². The molecule has 1 amide bonds. The Kier molecular flexibility index (Phi) is 6.09. The molecule has 1 N–H and O–H groups in total. The fourth-order valence-electron chi connectivity index (χ4n) is 1.07. The van der Waals surface area contributed by atoms with Crippen molar-refractivity contribution in [2.75, 3.05) is 6.54 Å². The molecular weight excluding hydrogens is 380 g/mol. The zero-order valence-electron chi connectivity index (χ0n) is 9.29. The van der Waals surface area contributed by atoms with Gasteiger partial charge in [0.2, 0.25) is 0 Å². The molecular formula is C12H14INOSe. The molecule has 0 aliphatic heterocycles. The second-order valence-electron chi connectivity index (χ2n) is 3.36. The van der Waals surface area contributed by atoms with Crippen molar-refractivity contribution in [2.24, 2.45) is 0 Å². The molecule has 0 saturated heterocycles. The summed E-state index contributed by atoms with van der Waals surface area (Å²) in [6.07, 6.45) is 0. The van der Waals surface area contributed by atoms with E-state index in [1.807, 2.05) is 0 Å². The fraction of sp³-hybridized carbons (Fsp3) is 0.250. The fourth-order valence-corrected chi connectivity index (χ4v) is 3.49. The number of carbonyl (C=O) groups is 1. The van der Waals surface area contributed by atoms with Gasteiger partial charge in [0, 0.05) is 0 Å². The van der Waals surface area contributed by atoms with Crippen molar-refractivity contribution in [3.63, 3.8) is 0 Å². The topological polar surface area (TPSA) is 29.1 Å². The number of hydrogen-bond acceptors (Lipinski definition) is 1. The molecule has 0 fully saturated rings. The van der Waals surface area contributed by atoms with Gasteiger partial charge < -0.3 is 0 Å². The van der Waals surface area contributed by atoms with E-state index in [0.29, 0.717) is 21.5 Å². The van der Waals surface area contributed by atoms with Crippen molar-refractivity contribution in [1.29, 1.82) is 0 Å². The molecule has 86 valence electrons. The van der Waals surface area contributed by atoms with Crippen molar-refractivity contribution < 1.29 is 4.79 Å². The van der Waals surface area contributed by atoms with Crippen LogP contribution >= 0.6 is 22.6 Å². The van der Waals surface area contributed by atoms with Gasteiger partial charge in [0.15, 0.2) is 0 Å². The van der Waals surface area contributed by atoms with Gasteiger partial charge in [-0.05, 0) is 0 Å². The maximum absolute atomic E-state index is 10.7. The Morgan fingerprint density at radius 3 is 2.81 bits per heavy atom. The molecule has 0 spiro atoms. The van der Waals surface area contributed by atoms with Crippen LogP contribution < -0.4 is 9.78 Å². The molecule has 1 rings (SSSR count). The normalized spacial score (nSPS) is 11.3. The van der Waals surface area contributed by atoms with Crippen LogP contribution in [0.25, 0.3) is 0 Å². The van der Waals surface area contributed by atoms with Gasteiger partial charge in [0.25, 0.3) is 0 Å². The van der Waals surface area contributed by atoms with Crippen LogP contribution in [0, 0.1) is 6.92 Å². The van der Waals surface area contributed by atoms with E-state index >= 15 is 0 Å². The van der Waals surface area contributed by atoms with E-state index in [1.165, 1.54) is 20.5 Å². The Morgan fingerprint density at radius 1 is 1.50 bits per heavy atom. The molecule has 0 atom stereocenters. The van der Waals surface area contributed by atoms with E-state index in [0.717, 1.165) is 0 Å². The first-order valence-electron chi connectivity index (χ1n) is 4.91. The zero-order chi connectivity index (χ0) is 12.0. The Hall–Kier alpha value is -0.321. The van der Waals surface area contributed by atoms with Crippen LogP contribution in [-0.4, -0.2) is 27.4 Å². The number of carbonyl (C=O) groups excluding carboxylic acids is 1. The van der Waals surface area contributed by atoms with Crippen LogP contribution in [0.4, 0.5) is 0 Å². The molecule has 1 aromatic carbocycles. The molecule has 0 saturated carbocycles. The minimum atomic E-state index is 0.0194. The quantitative estimate of drug-likeness (QED) is 0.612. The molecule has 16 heavy (non-hydrogen) atoms. The monoisotopic (exact) mass is 395 g/mol. The SMILES string of the molecule is CC(=O)NC/C(I)=C/[Se]c1ccccc1C. The predicted molar refractivity (Wildman–Crippen MR) is 77.4 cm³/mol. The average molecular weight is 394 g/mol. The van der Waals surface area contributed by atoms with Crippen molar-refractivity contribution in [3.8, 4) is 0 Å². The average Bonchev–Trinajstić information content (AvgIpc) is 2.25. The summed E-state index contributed by atoms with van der Waals surface area (Å²) < 4.78 is 2.59. The summed E-state index contributed by atoms with van der Waals surface area (Å²) in [7, 11) is 0. The number of amides is 1. The summed E-state index contributed by atoms with van der Waals surface area (Å²) in [6, 6.07) is 8.42. The second-order valence-corrected chi connectivity index (χ2v) is 6.66. The number of benzene rings is 1. The van der Waals surface area contributed by atoms with E-state index in [2.05, 4.69) is 64.1 Å². The number of halogens is 1. The van der Waals surface area contributed by atoms with Crippen LogP contribution in [0.15, 0.2) is 32.8 Å². The number of aryl methyl sites for hydroxylation is 1. The van der Waals surface area contributed by atoms with Gasteiger partial charge in [0.1, 0.15) is 0 Å². The first-order chi connectivity index (χ1) is 7.59. The third kappa shape index (κ3) is 5.14. The Morgan fingerprint density at radius 2 is 2.19 bits per heavy atom. The third-order valence-corrected chi connectivity index (χ3v) is 5.89. The van der Waals surface area contributed by atoms with Crippen molar-refractivity contribution >= 4 is 47.9 Å². The van der Waals surface area contributed by atoms with E-state index in [1.54, 1.807) is 0 Å². The molecule has 4 heteroatoms. The Labute approximate surface area is 116 Å². The first-order valence-corrected chi connectivity index (χ1v) is 7.83. The molecule has 2 nitrogen and oxygen atoms in total. The predicted octanol–water partition coefficient (Wildman–Crippen LogP) is 1.74. The van der Waals surface area contributed by atoms with Crippen molar-refractivity contribution in [2.45, 2.75) is 13.8 Å². The summed E-state index contributed by atoms with van der Waals surface area (Å²) in [5, 5.41) is 2.79. The van der Waals surface area contributed by atoms with Crippen molar-refractivity contribution in [1.82, 2.24) is 5.32 Å². The summed E-state index contributed by atoms with van der Waals surface area (Å²) >= 11 is 2.62. The molecule has 0 unspecified atom stereocenters. The Bertz CT molecular complexity index is 404. The van der Waals surface area contributed by atoms with Gasteiger partial charge in [-0.1, -0.05) is 0 Å². The van der Waals surface area contributed by atoms with Gasteiger partial charge in [-0.3, -0.25) is 0 Å². The van der Waals surface area contributed by atoms with Crippen LogP contribution in [0.3, 0.4) is 0 Å². The van der Waals surface area contributed by atoms with Gasteiger partial charge in [-0.15, -0.1) is 0 Å². The molecule has 0 bridgehead atoms. The minimum absolute atomic E-state index is 0.0194. The molecule has 0 aliphatic carbocycles. The van der Waals surface area contributed by atoms with Gasteiger partial charge in [-0.2, -0.15) is 0 Å². The third-order valence-electron chi connectivity index (χ3n) is 1.91. The molecule has 1 aromatic rings. The van der Waals surface area contributed by atoms with Gasteiger partial charge in [-0.25, -0.2) is 0 Å². The van der Waals surface area contributed by atoms with E-state index in [4.69, 9.17) is 0 Å². The van der Waals surface area contributed by atoms with E-state index < -0.39 is 0 Å². The molecule has 0 aromatic heterocycles. The van der Waals surface area contributed by atoms with Gasteiger partial charge in [0.05, 0.1) is 0 Å². The van der Waals surface area contributed by atoms with E-state index in [-0.39, 0.29) is 5.91 Å². The summed E-state index contributed by atoms with van der Waals surface area (Å²) in [6.45, 7) is 4.31. The summed E-state index contributed by atoms with van der Waals surface area (Å²) in [5.41, 5.74) is 1.34. The zero-order valence-corrected chi connectivity index (χ0v) is 13.2. The number of hydrogen-bond donors (Lipinski definition) is 1. The maximum atomic E-state index is 10.7. The molecule has 0 heterocycles. The summed E-state index contributed by atoms with van der Waals surface area (Å²) in [4.78, 5) is 13.0. The molecule has 0 aliphatic rings. The number of nitrogens with one attached hydrogen (secondary N) is 1. The van der Waals surface area contributed by atoms with Crippen LogP contribution in [-0.2, 0) is 4.79 Å². The summed E-state index contributed by atoms with van der Waals surface area (Å²) in [5.74, 6) is 0.0194. The number of rotatable bonds is 4. The second kappa shape index (κ2) is 7.09. The van der Waals surface area contributed by atoms with Crippen LogP contribution in [0.2, 0.25) is 0 Å². The van der Waals surface area contributed by atoms with E-state index in [9.17, 15) is 4.79 Å². The van der Waals surface area contributed by atoms with Crippen LogP contribution in [0.1, 0.15) is 12.5 Å². The Balaban J connectivity index is 2.52. The molecule has 0 radical (unpaired) electrons. The first kappa shape index (κ1) is 13.7. The van der Waals surface area contributed by atoms with Crippen LogP contribution in [0.5, 0.6) is 0 Å². The standard InChI is InChI=1S/C12H14INOSe/c1-9-5-3-4-6-12(9)16-8-11(13)7-14-10(2)15/h3-6,8H,7H2,1-2H3,(H,14,15)/b11-8-. The van der Waals surface area contributed by atoms with Gasteiger partial charge >= 0.3 is 117 Å².